The Kier molecular flexibility index (Phi) is 7.87. The lowest BCUT2D eigenvalue weighted by molar-refractivity contribution is 0.161. The normalized spacial score (nSPS) is 20.6. The Hall–Kier alpha value is -0.0800. The van der Waals surface area contributed by atoms with Crippen molar-refractivity contribution in [2.24, 2.45) is 0 Å². The fourth-order valence-electron chi connectivity index (χ4n) is 3.08. The average Bonchev–Trinajstić information content (AvgIpc) is 2.81. The van der Waals surface area contributed by atoms with Crippen molar-refractivity contribution < 1.29 is 0 Å². The zero-order valence-electron chi connectivity index (χ0n) is 12.2. The standard InChI is InChI=1S/C15H32N2/c1-4-8-15(9-5-2)17(12-6-3)13-14-10-7-11-16-14/h14-16H,4-13H2,1-3H3. The molecule has 1 rings (SSSR count). The minimum Gasteiger partial charge on any atom is -0.313 e. The molecule has 0 aromatic heterocycles. The molecule has 2 nitrogen and oxygen atoms in total. The van der Waals surface area contributed by atoms with E-state index in [-0.39, 0.29) is 0 Å². The highest BCUT2D eigenvalue weighted by Crippen LogP contribution is 2.16. The van der Waals surface area contributed by atoms with Crippen LogP contribution in [0.3, 0.4) is 0 Å². The zero-order valence-corrected chi connectivity index (χ0v) is 12.2. The van der Waals surface area contributed by atoms with Crippen LogP contribution in [0.25, 0.3) is 0 Å². The van der Waals surface area contributed by atoms with Gasteiger partial charge in [0.25, 0.3) is 0 Å². The van der Waals surface area contributed by atoms with E-state index in [1.165, 1.54) is 64.6 Å². The van der Waals surface area contributed by atoms with E-state index < -0.39 is 0 Å². The monoisotopic (exact) mass is 240 g/mol. The Morgan fingerprint density at radius 3 is 2.29 bits per heavy atom. The van der Waals surface area contributed by atoms with Gasteiger partial charge in [-0.25, -0.2) is 0 Å². The molecule has 1 aliphatic heterocycles. The Labute approximate surface area is 108 Å². The Morgan fingerprint density at radius 2 is 1.82 bits per heavy atom. The van der Waals surface area contributed by atoms with Crippen LogP contribution < -0.4 is 5.32 Å². The van der Waals surface area contributed by atoms with Crippen molar-refractivity contribution in [3.05, 3.63) is 0 Å². The van der Waals surface area contributed by atoms with Gasteiger partial charge in [-0.1, -0.05) is 33.6 Å². The molecule has 1 saturated heterocycles. The molecular formula is C15H32N2. The van der Waals surface area contributed by atoms with E-state index in [0.29, 0.717) is 0 Å². The van der Waals surface area contributed by atoms with E-state index in [0.717, 1.165) is 12.1 Å². The van der Waals surface area contributed by atoms with E-state index in [1.807, 2.05) is 0 Å². The fraction of sp³-hybridized carbons (Fsp3) is 1.00. The van der Waals surface area contributed by atoms with Crippen LogP contribution >= 0.6 is 0 Å². The van der Waals surface area contributed by atoms with Gasteiger partial charge < -0.3 is 5.32 Å². The van der Waals surface area contributed by atoms with Crippen LogP contribution in [0.1, 0.15) is 65.7 Å². The second kappa shape index (κ2) is 8.93. The molecule has 2 heteroatoms. The van der Waals surface area contributed by atoms with Gasteiger partial charge in [-0.15, -0.1) is 0 Å². The Bertz CT molecular complexity index is 170. The first kappa shape index (κ1) is 15.0. The molecule has 0 bridgehead atoms. The number of rotatable bonds is 9. The first-order valence-electron chi connectivity index (χ1n) is 7.79. The summed E-state index contributed by atoms with van der Waals surface area (Å²) in [6.07, 6.45) is 9.44. The first-order chi connectivity index (χ1) is 8.31. The van der Waals surface area contributed by atoms with Crippen molar-refractivity contribution in [3.63, 3.8) is 0 Å². The molecule has 0 saturated carbocycles. The van der Waals surface area contributed by atoms with E-state index in [9.17, 15) is 0 Å². The van der Waals surface area contributed by atoms with Gasteiger partial charge in [-0.05, 0) is 45.2 Å². The lowest BCUT2D eigenvalue weighted by Gasteiger charge is -2.33. The zero-order chi connectivity index (χ0) is 12.5. The third-order valence-electron chi connectivity index (χ3n) is 3.89. The molecule has 0 radical (unpaired) electrons. The molecule has 1 unspecified atom stereocenters. The van der Waals surface area contributed by atoms with Crippen molar-refractivity contribution in [3.8, 4) is 0 Å². The highest BCUT2D eigenvalue weighted by Gasteiger charge is 2.22. The van der Waals surface area contributed by atoms with Gasteiger partial charge >= 0.3 is 0 Å². The summed E-state index contributed by atoms with van der Waals surface area (Å²) in [5.74, 6) is 0. The van der Waals surface area contributed by atoms with Crippen LogP contribution in [0.2, 0.25) is 0 Å². The molecule has 1 fully saturated rings. The molecule has 0 aliphatic carbocycles. The summed E-state index contributed by atoms with van der Waals surface area (Å²) in [6.45, 7) is 10.7. The van der Waals surface area contributed by atoms with Gasteiger partial charge in [0.05, 0.1) is 0 Å². The van der Waals surface area contributed by atoms with Gasteiger partial charge in [-0.3, -0.25) is 4.90 Å². The molecule has 0 amide bonds. The van der Waals surface area contributed by atoms with Crippen LogP contribution in [0.5, 0.6) is 0 Å². The molecule has 1 N–H and O–H groups in total. The van der Waals surface area contributed by atoms with Crippen LogP contribution in [-0.4, -0.2) is 36.6 Å². The van der Waals surface area contributed by atoms with E-state index in [4.69, 9.17) is 0 Å². The lowest BCUT2D eigenvalue weighted by Crippen LogP contribution is -2.43. The summed E-state index contributed by atoms with van der Waals surface area (Å²) < 4.78 is 0. The van der Waals surface area contributed by atoms with Gasteiger partial charge in [0.2, 0.25) is 0 Å². The molecule has 1 aliphatic rings. The lowest BCUT2D eigenvalue weighted by atomic mass is 10.0. The van der Waals surface area contributed by atoms with Gasteiger partial charge in [0.1, 0.15) is 0 Å². The van der Waals surface area contributed by atoms with Gasteiger partial charge in [0, 0.05) is 18.6 Å². The second-order valence-corrected chi connectivity index (χ2v) is 5.52. The molecule has 0 aromatic rings. The Balaban J connectivity index is 2.46. The van der Waals surface area contributed by atoms with Crippen molar-refractivity contribution in [2.75, 3.05) is 19.6 Å². The van der Waals surface area contributed by atoms with E-state index in [2.05, 4.69) is 31.0 Å². The maximum absolute atomic E-state index is 3.64. The fourth-order valence-corrected chi connectivity index (χ4v) is 3.08. The van der Waals surface area contributed by atoms with E-state index >= 15 is 0 Å². The number of nitrogens with one attached hydrogen (secondary N) is 1. The average molecular weight is 240 g/mol. The minimum absolute atomic E-state index is 0.762. The quantitative estimate of drug-likeness (QED) is 0.664. The molecule has 0 aromatic carbocycles. The third-order valence-corrected chi connectivity index (χ3v) is 3.89. The van der Waals surface area contributed by atoms with Crippen LogP contribution in [0.15, 0.2) is 0 Å². The van der Waals surface area contributed by atoms with Crippen LogP contribution in [-0.2, 0) is 0 Å². The minimum atomic E-state index is 0.762. The SMILES string of the molecule is CCCC(CCC)N(CCC)CC1CCCN1. The topological polar surface area (TPSA) is 15.3 Å². The predicted octanol–water partition coefficient (Wildman–Crippen LogP) is 3.42. The maximum Gasteiger partial charge on any atom is 0.0195 e. The predicted molar refractivity (Wildman–Crippen MR) is 76.5 cm³/mol. The molecule has 1 heterocycles. The summed E-state index contributed by atoms with van der Waals surface area (Å²) in [5, 5.41) is 3.64. The number of nitrogens with zero attached hydrogens (tertiary/aromatic N) is 1. The van der Waals surface area contributed by atoms with Crippen molar-refractivity contribution in [1.82, 2.24) is 10.2 Å². The van der Waals surface area contributed by atoms with Crippen molar-refractivity contribution >= 4 is 0 Å². The van der Waals surface area contributed by atoms with Crippen molar-refractivity contribution in [2.45, 2.75) is 77.8 Å². The molecule has 17 heavy (non-hydrogen) atoms. The number of hydrogen-bond donors (Lipinski definition) is 1. The molecule has 0 spiro atoms. The highest BCUT2D eigenvalue weighted by atomic mass is 15.2. The highest BCUT2D eigenvalue weighted by molar-refractivity contribution is 4.81. The first-order valence-corrected chi connectivity index (χ1v) is 7.79. The summed E-state index contributed by atoms with van der Waals surface area (Å²) in [4.78, 5) is 2.76. The summed E-state index contributed by atoms with van der Waals surface area (Å²) in [6, 6.07) is 1.59. The second-order valence-electron chi connectivity index (χ2n) is 5.52. The van der Waals surface area contributed by atoms with Crippen molar-refractivity contribution in [1.29, 1.82) is 0 Å². The van der Waals surface area contributed by atoms with Gasteiger partial charge in [-0.2, -0.15) is 0 Å². The smallest absolute Gasteiger partial charge is 0.0195 e. The molecule has 1 atom stereocenters. The third kappa shape index (κ3) is 5.39. The van der Waals surface area contributed by atoms with Crippen LogP contribution in [0.4, 0.5) is 0 Å². The van der Waals surface area contributed by atoms with Gasteiger partial charge in [0.15, 0.2) is 0 Å². The molecule has 102 valence electrons. The summed E-state index contributed by atoms with van der Waals surface area (Å²) >= 11 is 0. The summed E-state index contributed by atoms with van der Waals surface area (Å²) in [7, 11) is 0. The molecular weight excluding hydrogens is 208 g/mol. The largest absolute Gasteiger partial charge is 0.313 e. The maximum atomic E-state index is 3.64. The van der Waals surface area contributed by atoms with E-state index in [1.54, 1.807) is 0 Å². The Morgan fingerprint density at radius 1 is 1.12 bits per heavy atom. The number of hydrogen-bond acceptors (Lipinski definition) is 2. The van der Waals surface area contributed by atoms with Crippen LogP contribution in [0, 0.1) is 0 Å². The summed E-state index contributed by atoms with van der Waals surface area (Å²) in [5.41, 5.74) is 0.